The minimum absolute atomic E-state index is 0.500. The molecule has 0 fully saturated rings. The fourth-order valence-corrected chi connectivity index (χ4v) is 1.28. The third-order valence-electron chi connectivity index (χ3n) is 0.511. The first kappa shape index (κ1) is 10.3. The summed E-state index contributed by atoms with van der Waals surface area (Å²) in [4.78, 5) is 16.7. The van der Waals surface area contributed by atoms with E-state index in [4.69, 9.17) is 9.79 Å². The molecule has 0 amide bonds. The summed E-state index contributed by atoms with van der Waals surface area (Å²) in [7, 11) is -2.27. The van der Waals surface area contributed by atoms with Gasteiger partial charge in [0, 0.05) is 5.33 Å². The molecule has 0 heterocycles. The molecule has 1 atom stereocenters. The molecule has 0 spiro atoms. The Morgan fingerprint density at radius 3 is 2.22 bits per heavy atom. The average molecular weight is 282 g/mol. The maximum atomic E-state index is 8.37. The van der Waals surface area contributed by atoms with Crippen LogP contribution in [-0.2, 0) is 4.52 Å². The van der Waals surface area contributed by atoms with Crippen molar-refractivity contribution in [1.29, 1.82) is 0 Å². The lowest BCUT2D eigenvalue weighted by Crippen LogP contribution is -2.19. The molecule has 0 rings (SSSR count). The summed E-state index contributed by atoms with van der Waals surface area (Å²) in [6, 6.07) is 0. The van der Waals surface area contributed by atoms with E-state index in [2.05, 4.69) is 36.4 Å². The fraction of sp³-hybridized carbons (Fsp3) is 1.00. The SMILES string of the molecule is CC(Br)(CBr)OP(O)O. The normalized spacial score (nSPS) is 18.0. The van der Waals surface area contributed by atoms with Gasteiger partial charge in [0.05, 0.1) is 0 Å². The first-order valence-corrected chi connectivity index (χ1v) is 5.18. The van der Waals surface area contributed by atoms with Crippen molar-refractivity contribution in [1.82, 2.24) is 0 Å². The van der Waals surface area contributed by atoms with Crippen LogP contribution in [0.25, 0.3) is 0 Å². The molecule has 2 N–H and O–H groups in total. The molecule has 6 heteroatoms. The molecule has 0 aliphatic carbocycles. The molecule has 0 aromatic rings. The van der Waals surface area contributed by atoms with Gasteiger partial charge in [-0.25, -0.2) is 0 Å². The first-order valence-electron chi connectivity index (χ1n) is 2.10. The summed E-state index contributed by atoms with van der Waals surface area (Å²) in [5.41, 5.74) is 0. The van der Waals surface area contributed by atoms with Crippen LogP contribution in [-0.4, -0.2) is 19.6 Å². The second-order valence-electron chi connectivity index (χ2n) is 1.58. The number of rotatable bonds is 3. The van der Waals surface area contributed by atoms with Crippen molar-refractivity contribution in [2.45, 2.75) is 11.4 Å². The van der Waals surface area contributed by atoms with E-state index in [0.717, 1.165) is 0 Å². The number of alkyl halides is 2. The van der Waals surface area contributed by atoms with E-state index in [1.165, 1.54) is 0 Å². The second-order valence-corrected chi connectivity index (χ2v) is 4.51. The maximum Gasteiger partial charge on any atom is 0.328 e. The largest absolute Gasteiger partial charge is 0.328 e. The van der Waals surface area contributed by atoms with Gasteiger partial charge < -0.3 is 9.79 Å². The molecule has 0 saturated carbocycles. The Balaban J connectivity index is 3.58. The fourth-order valence-electron chi connectivity index (χ4n) is 0.195. The summed E-state index contributed by atoms with van der Waals surface area (Å²) in [6.07, 6.45) is 0. The van der Waals surface area contributed by atoms with E-state index in [-0.39, 0.29) is 0 Å². The van der Waals surface area contributed by atoms with Crippen LogP contribution in [0, 0.1) is 0 Å². The molecule has 3 nitrogen and oxygen atoms in total. The smallest absolute Gasteiger partial charge is 0.328 e. The highest BCUT2D eigenvalue weighted by Gasteiger charge is 2.22. The highest BCUT2D eigenvalue weighted by atomic mass is 79.9. The van der Waals surface area contributed by atoms with Crippen molar-refractivity contribution >= 4 is 40.5 Å². The van der Waals surface area contributed by atoms with Crippen molar-refractivity contribution in [3.8, 4) is 0 Å². The zero-order valence-corrected chi connectivity index (χ0v) is 8.78. The van der Waals surface area contributed by atoms with E-state index < -0.39 is 13.1 Å². The van der Waals surface area contributed by atoms with E-state index in [1.807, 2.05) is 0 Å². The van der Waals surface area contributed by atoms with Crippen LogP contribution in [0.3, 0.4) is 0 Å². The van der Waals surface area contributed by atoms with Crippen LogP contribution in [0.5, 0.6) is 0 Å². The third kappa shape index (κ3) is 5.70. The molecule has 0 aromatic heterocycles. The quantitative estimate of drug-likeness (QED) is 0.612. The van der Waals surface area contributed by atoms with Gasteiger partial charge in [-0.2, -0.15) is 0 Å². The molecule has 0 aliphatic rings. The number of hydrogen-bond acceptors (Lipinski definition) is 3. The van der Waals surface area contributed by atoms with Crippen molar-refractivity contribution in [3.05, 3.63) is 0 Å². The minimum Gasteiger partial charge on any atom is -0.328 e. The Hall–Kier alpha value is 1.27. The summed E-state index contributed by atoms with van der Waals surface area (Å²) < 4.78 is 3.95. The van der Waals surface area contributed by atoms with Crippen LogP contribution in [0.4, 0.5) is 0 Å². The Kier molecular flexibility index (Phi) is 4.81. The minimum atomic E-state index is -2.27. The zero-order chi connectivity index (χ0) is 7.49. The molecule has 0 aromatic carbocycles. The third-order valence-corrected chi connectivity index (χ3v) is 3.59. The predicted octanol–water partition coefficient (Wildman–Crippen LogP) is 1.72. The van der Waals surface area contributed by atoms with Crippen molar-refractivity contribution in [3.63, 3.8) is 0 Å². The number of halogens is 2. The maximum absolute atomic E-state index is 8.37. The summed E-state index contributed by atoms with van der Waals surface area (Å²) in [5, 5.41) is 0.500. The van der Waals surface area contributed by atoms with Crippen LogP contribution >= 0.6 is 40.5 Å². The van der Waals surface area contributed by atoms with Crippen molar-refractivity contribution in [2.24, 2.45) is 0 Å². The predicted molar refractivity (Wildman–Crippen MR) is 43.6 cm³/mol. The van der Waals surface area contributed by atoms with Crippen LogP contribution in [0.2, 0.25) is 0 Å². The van der Waals surface area contributed by atoms with Crippen LogP contribution in [0.1, 0.15) is 6.92 Å². The lowest BCUT2D eigenvalue weighted by atomic mass is 10.5. The van der Waals surface area contributed by atoms with Gasteiger partial charge >= 0.3 is 8.60 Å². The van der Waals surface area contributed by atoms with Gasteiger partial charge in [-0.05, 0) is 6.92 Å². The molecule has 0 radical (unpaired) electrons. The lowest BCUT2D eigenvalue weighted by molar-refractivity contribution is 0.184. The summed E-state index contributed by atoms with van der Waals surface area (Å²) in [6.45, 7) is 1.68. The van der Waals surface area contributed by atoms with Gasteiger partial charge in [-0.1, -0.05) is 31.9 Å². The molecule has 0 bridgehead atoms. The molecular formula is C3H7Br2O3P. The van der Waals surface area contributed by atoms with Crippen LogP contribution < -0.4 is 0 Å². The Morgan fingerprint density at radius 1 is 1.67 bits per heavy atom. The highest BCUT2D eigenvalue weighted by Crippen LogP contribution is 2.36. The van der Waals surface area contributed by atoms with Gasteiger partial charge in [0.1, 0.15) is 4.51 Å². The van der Waals surface area contributed by atoms with Gasteiger partial charge in [-0.15, -0.1) is 0 Å². The standard InChI is InChI=1S/C3H7Br2O3P/c1-3(5,2-4)8-9(6)7/h6-7H,2H2,1H3. The first-order chi connectivity index (χ1) is 3.98. The van der Waals surface area contributed by atoms with Crippen LogP contribution in [0.15, 0.2) is 0 Å². The van der Waals surface area contributed by atoms with Gasteiger partial charge in [-0.3, -0.25) is 4.52 Å². The molecule has 0 saturated heterocycles. The molecule has 9 heavy (non-hydrogen) atoms. The van der Waals surface area contributed by atoms with Crippen molar-refractivity contribution in [2.75, 3.05) is 5.33 Å². The van der Waals surface area contributed by atoms with E-state index in [1.54, 1.807) is 6.92 Å². The van der Waals surface area contributed by atoms with Gasteiger partial charge in [0.15, 0.2) is 0 Å². The topological polar surface area (TPSA) is 49.7 Å². The molecule has 0 aliphatic heterocycles. The Morgan fingerprint density at radius 2 is 2.11 bits per heavy atom. The summed E-state index contributed by atoms with van der Waals surface area (Å²) in [5.74, 6) is 0. The molecule has 1 unspecified atom stereocenters. The lowest BCUT2D eigenvalue weighted by Gasteiger charge is -2.19. The van der Waals surface area contributed by atoms with Crippen molar-refractivity contribution < 1.29 is 14.3 Å². The summed E-state index contributed by atoms with van der Waals surface area (Å²) >= 11 is 6.22. The van der Waals surface area contributed by atoms with E-state index in [9.17, 15) is 0 Å². The highest BCUT2D eigenvalue weighted by molar-refractivity contribution is 9.12. The average Bonchev–Trinajstić information content (AvgIpc) is 1.63. The molecular weight excluding hydrogens is 275 g/mol. The Labute approximate surface area is 71.7 Å². The van der Waals surface area contributed by atoms with Gasteiger partial charge in [0.2, 0.25) is 0 Å². The second kappa shape index (κ2) is 4.21. The Bertz CT molecular complexity index is 87.1. The van der Waals surface area contributed by atoms with Gasteiger partial charge in [0.25, 0.3) is 0 Å². The zero-order valence-electron chi connectivity index (χ0n) is 4.71. The monoisotopic (exact) mass is 280 g/mol. The molecule has 56 valence electrons. The van der Waals surface area contributed by atoms with E-state index >= 15 is 0 Å². The van der Waals surface area contributed by atoms with E-state index in [0.29, 0.717) is 5.33 Å². The number of hydrogen-bond donors (Lipinski definition) is 2.